The van der Waals surface area contributed by atoms with Gasteiger partial charge in [0.2, 0.25) is 5.91 Å². The molecule has 1 atom stereocenters. The Morgan fingerprint density at radius 3 is 2.55 bits per heavy atom. The Morgan fingerprint density at radius 1 is 1.35 bits per heavy atom. The summed E-state index contributed by atoms with van der Waals surface area (Å²) in [4.78, 5) is 13.8. The van der Waals surface area contributed by atoms with Crippen molar-refractivity contribution < 1.29 is 4.79 Å². The fourth-order valence-electron chi connectivity index (χ4n) is 2.04. The smallest absolute Gasteiger partial charge is 0.222 e. The highest BCUT2D eigenvalue weighted by atomic mass is 16.2. The number of nitrogens with zero attached hydrogens (tertiary/aromatic N) is 2. The fourth-order valence-corrected chi connectivity index (χ4v) is 2.04. The zero-order valence-electron chi connectivity index (χ0n) is 12.3. The van der Waals surface area contributed by atoms with Gasteiger partial charge in [0, 0.05) is 20.0 Å². The summed E-state index contributed by atoms with van der Waals surface area (Å²) >= 11 is 0. The van der Waals surface area contributed by atoms with Crippen LogP contribution in [0.2, 0.25) is 0 Å². The molecule has 108 valence electrons. The van der Waals surface area contributed by atoms with Crippen molar-refractivity contribution in [2.45, 2.75) is 32.7 Å². The minimum absolute atomic E-state index is 0.151. The minimum atomic E-state index is 0.151. The van der Waals surface area contributed by atoms with Crippen molar-refractivity contribution in [3.05, 3.63) is 35.4 Å². The number of carbonyl (C=O) groups is 1. The molecule has 0 aromatic heterocycles. The van der Waals surface area contributed by atoms with Crippen LogP contribution in [-0.4, -0.2) is 24.4 Å². The highest BCUT2D eigenvalue weighted by Crippen LogP contribution is 2.12. The number of nitriles is 1. The molecule has 0 spiro atoms. The maximum absolute atomic E-state index is 12.0. The molecule has 0 saturated heterocycles. The Balaban J connectivity index is 2.42. The fraction of sp³-hybridized carbons (Fsp3) is 0.500. The summed E-state index contributed by atoms with van der Waals surface area (Å²) in [5, 5.41) is 8.74. The predicted molar refractivity (Wildman–Crippen MR) is 79.7 cm³/mol. The van der Waals surface area contributed by atoms with E-state index in [0.717, 1.165) is 18.4 Å². The first-order chi connectivity index (χ1) is 9.56. The lowest BCUT2D eigenvalue weighted by Gasteiger charge is -2.18. The molecule has 0 heterocycles. The molecule has 4 heteroatoms. The normalized spacial score (nSPS) is 11.7. The Morgan fingerprint density at radius 2 is 2.00 bits per heavy atom. The number of hydrogen-bond acceptors (Lipinski definition) is 3. The standard InChI is InChI=1S/C16H23N3O/c1-13(9-10-17)3-8-16(20)19(2)12-15-6-4-14(11-18)5-7-15/h4-7,13H,3,8-10,12,17H2,1-2H3. The summed E-state index contributed by atoms with van der Waals surface area (Å²) in [6.45, 7) is 3.38. The van der Waals surface area contributed by atoms with Crippen LogP contribution < -0.4 is 5.73 Å². The first kappa shape index (κ1) is 16.2. The Labute approximate surface area is 121 Å². The highest BCUT2D eigenvalue weighted by molar-refractivity contribution is 5.75. The van der Waals surface area contributed by atoms with E-state index in [1.54, 1.807) is 17.0 Å². The molecule has 0 fully saturated rings. The zero-order chi connectivity index (χ0) is 15.0. The molecule has 1 rings (SSSR count). The molecule has 2 N–H and O–H groups in total. The van der Waals surface area contributed by atoms with Crippen molar-refractivity contribution in [2.75, 3.05) is 13.6 Å². The monoisotopic (exact) mass is 273 g/mol. The topological polar surface area (TPSA) is 70.1 Å². The van der Waals surface area contributed by atoms with Crippen LogP contribution in [0.4, 0.5) is 0 Å². The highest BCUT2D eigenvalue weighted by Gasteiger charge is 2.11. The van der Waals surface area contributed by atoms with E-state index in [-0.39, 0.29) is 5.91 Å². The van der Waals surface area contributed by atoms with Crippen LogP contribution in [0, 0.1) is 17.2 Å². The molecule has 0 aliphatic heterocycles. The maximum atomic E-state index is 12.0. The van der Waals surface area contributed by atoms with Crippen molar-refractivity contribution in [1.82, 2.24) is 4.90 Å². The largest absolute Gasteiger partial charge is 0.341 e. The first-order valence-corrected chi connectivity index (χ1v) is 7.00. The SMILES string of the molecule is CC(CCN)CCC(=O)N(C)Cc1ccc(C#N)cc1. The van der Waals surface area contributed by atoms with Gasteiger partial charge in [-0.2, -0.15) is 5.26 Å². The molecule has 1 aromatic carbocycles. The molecule has 0 radical (unpaired) electrons. The Kier molecular flexibility index (Phi) is 6.75. The summed E-state index contributed by atoms with van der Waals surface area (Å²) in [5.74, 6) is 0.644. The molecule has 0 aliphatic rings. The van der Waals surface area contributed by atoms with Gasteiger partial charge in [-0.25, -0.2) is 0 Å². The maximum Gasteiger partial charge on any atom is 0.222 e. The van der Waals surface area contributed by atoms with E-state index in [1.807, 2.05) is 19.2 Å². The van der Waals surface area contributed by atoms with Crippen LogP contribution in [0.5, 0.6) is 0 Å². The lowest BCUT2D eigenvalue weighted by Crippen LogP contribution is -2.26. The molecule has 1 amide bonds. The molecule has 0 saturated carbocycles. The van der Waals surface area contributed by atoms with Gasteiger partial charge < -0.3 is 10.6 Å². The second-order valence-corrected chi connectivity index (χ2v) is 5.28. The third-order valence-electron chi connectivity index (χ3n) is 3.44. The summed E-state index contributed by atoms with van der Waals surface area (Å²) < 4.78 is 0. The molecule has 0 aliphatic carbocycles. The van der Waals surface area contributed by atoms with Crippen LogP contribution >= 0.6 is 0 Å². The van der Waals surface area contributed by atoms with Crippen molar-refractivity contribution >= 4 is 5.91 Å². The minimum Gasteiger partial charge on any atom is -0.341 e. The Bertz CT molecular complexity index is 462. The molecule has 4 nitrogen and oxygen atoms in total. The van der Waals surface area contributed by atoms with Gasteiger partial charge in [-0.1, -0.05) is 19.1 Å². The van der Waals surface area contributed by atoms with Gasteiger partial charge >= 0.3 is 0 Å². The van der Waals surface area contributed by atoms with E-state index in [1.165, 1.54) is 0 Å². The van der Waals surface area contributed by atoms with Gasteiger partial charge in [-0.15, -0.1) is 0 Å². The third kappa shape index (κ3) is 5.41. The average Bonchev–Trinajstić information content (AvgIpc) is 2.45. The first-order valence-electron chi connectivity index (χ1n) is 7.00. The molecule has 0 bridgehead atoms. The number of carbonyl (C=O) groups excluding carboxylic acids is 1. The average molecular weight is 273 g/mol. The van der Waals surface area contributed by atoms with Crippen LogP contribution in [-0.2, 0) is 11.3 Å². The molecular weight excluding hydrogens is 250 g/mol. The predicted octanol–water partition coefficient (Wildman–Crippen LogP) is 2.28. The molecular formula is C16H23N3O. The number of nitrogens with two attached hydrogens (primary N) is 1. The van der Waals surface area contributed by atoms with Crippen LogP contribution in [0.25, 0.3) is 0 Å². The van der Waals surface area contributed by atoms with E-state index in [9.17, 15) is 4.79 Å². The van der Waals surface area contributed by atoms with Crippen molar-refractivity contribution in [3.8, 4) is 6.07 Å². The van der Waals surface area contributed by atoms with Gasteiger partial charge in [0.25, 0.3) is 0 Å². The summed E-state index contributed by atoms with van der Waals surface area (Å²) in [7, 11) is 1.81. The van der Waals surface area contributed by atoms with Gasteiger partial charge in [0.05, 0.1) is 11.6 Å². The molecule has 1 aromatic rings. The van der Waals surface area contributed by atoms with E-state index in [4.69, 9.17) is 11.0 Å². The van der Waals surface area contributed by atoms with Crippen LogP contribution in [0.15, 0.2) is 24.3 Å². The number of rotatable bonds is 7. The number of amides is 1. The zero-order valence-corrected chi connectivity index (χ0v) is 12.3. The number of benzene rings is 1. The van der Waals surface area contributed by atoms with Gasteiger partial charge in [0.15, 0.2) is 0 Å². The van der Waals surface area contributed by atoms with Crippen LogP contribution in [0.1, 0.15) is 37.3 Å². The van der Waals surface area contributed by atoms with Crippen LogP contribution in [0.3, 0.4) is 0 Å². The molecule has 1 unspecified atom stereocenters. The summed E-state index contributed by atoms with van der Waals surface area (Å²) in [6, 6.07) is 9.41. The molecule has 20 heavy (non-hydrogen) atoms. The number of hydrogen-bond donors (Lipinski definition) is 1. The van der Waals surface area contributed by atoms with E-state index in [0.29, 0.717) is 31.0 Å². The van der Waals surface area contributed by atoms with Crippen molar-refractivity contribution in [2.24, 2.45) is 11.7 Å². The lowest BCUT2D eigenvalue weighted by molar-refractivity contribution is -0.130. The van der Waals surface area contributed by atoms with E-state index >= 15 is 0 Å². The van der Waals surface area contributed by atoms with E-state index in [2.05, 4.69) is 13.0 Å². The second kappa shape index (κ2) is 8.34. The van der Waals surface area contributed by atoms with Crippen molar-refractivity contribution in [1.29, 1.82) is 5.26 Å². The summed E-state index contributed by atoms with van der Waals surface area (Å²) in [5.41, 5.74) is 7.18. The van der Waals surface area contributed by atoms with Crippen molar-refractivity contribution in [3.63, 3.8) is 0 Å². The lowest BCUT2D eigenvalue weighted by atomic mass is 10.0. The Hall–Kier alpha value is -1.86. The van der Waals surface area contributed by atoms with Gasteiger partial charge in [-0.05, 0) is 43.0 Å². The summed E-state index contributed by atoms with van der Waals surface area (Å²) in [6.07, 6.45) is 2.41. The second-order valence-electron chi connectivity index (χ2n) is 5.28. The van der Waals surface area contributed by atoms with Gasteiger partial charge in [0.1, 0.15) is 0 Å². The van der Waals surface area contributed by atoms with Gasteiger partial charge in [-0.3, -0.25) is 4.79 Å². The van der Waals surface area contributed by atoms with E-state index < -0.39 is 0 Å². The quantitative estimate of drug-likeness (QED) is 0.828. The third-order valence-corrected chi connectivity index (χ3v) is 3.44.